The number of esters is 1. The first-order chi connectivity index (χ1) is 4.68. The summed E-state index contributed by atoms with van der Waals surface area (Å²) in [5.74, 6) is -0.0316. The summed E-state index contributed by atoms with van der Waals surface area (Å²) in [6, 6.07) is 0. The van der Waals surface area contributed by atoms with Gasteiger partial charge in [-0.3, -0.25) is 0 Å². The normalized spacial score (nSPS) is 12.7. The van der Waals surface area contributed by atoms with Crippen LogP contribution in [0.3, 0.4) is 0 Å². The molecule has 0 spiro atoms. The second-order valence-electron chi connectivity index (χ2n) is 2.31. The molecule has 0 aromatic carbocycles. The van der Waals surface area contributed by atoms with Crippen molar-refractivity contribution in [3.63, 3.8) is 0 Å². The molecule has 10 heavy (non-hydrogen) atoms. The van der Waals surface area contributed by atoms with Gasteiger partial charge < -0.3 is 0 Å². The Morgan fingerprint density at radius 3 is 2.70 bits per heavy atom. The predicted octanol–water partition coefficient (Wildman–Crippen LogP) is 1.04. The Bertz CT molecular complexity index is 102. The van der Waals surface area contributed by atoms with Crippen LogP contribution in [0, 0.1) is 0 Å². The molecule has 0 aliphatic heterocycles. The molecular weight excluding hydrogens is 235 g/mol. The standard InChI is InChI=1S/C7H13O2.Sn.H/c1-3-5-6-9-7(8)4-2;;/h4H,3,5-6H2,1-2H3;;. The number of carbonyl (C=O) groups is 1. The van der Waals surface area contributed by atoms with Crippen LogP contribution in [0.15, 0.2) is 0 Å². The van der Waals surface area contributed by atoms with E-state index in [2.05, 4.69) is 6.92 Å². The van der Waals surface area contributed by atoms with E-state index in [1.165, 1.54) is 0 Å². The number of rotatable bonds is 4. The number of carbonyl (C=O) groups excluding carboxylic acids is 1. The van der Waals surface area contributed by atoms with Crippen molar-refractivity contribution >= 4 is 28.5 Å². The van der Waals surface area contributed by atoms with Crippen LogP contribution in [0.25, 0.3) is 0 Å². The van der Waals surface area contributed by atoms with Gasteiger partial charge in [0.1, 0.15) is 0 Å². The van der Waals surface area contributed by atoms with Crippen LogP contribution in [0.2, 0.25) is 3.93 Å². The van der Waals surface area contributed by atoms with E-state index in [1.807, 2.05) is 6.92 Å². The summed E-state index contributed by atoms with van der Waals surface area (Å²) in [5.41, 5.74) is 0. The number of ether oxygens (including phenoxy) is 1. The zero-order chi connectivity index (χ0) is 7.98. The van der Waals surface area contributed by atoms with Crippen molar-refractivity contribution in [2.75, 3.05) is 6.61 Å². The first-order valence-electron chi connectivity index (χ1n) is 3.60. The van der Waals surface area contributed by atoms with Crippen LogP contribution in [-0.4, -0.2) is 35.1 Å². The van der Waals surface area contributed by atoms with Gasteiger partial charge in [0, 0.05) is 0 Å². The third kappa shape index (κ3) is 5.09. The van der Waals surface area contributed by atoms with Crippen molar-refractivity contribution in [2.24, 2.45) is 0 Å². The summed E-state index contributed by atoms with van der Waals surface area (Å²) in [5, 5.41) is 0. The number of unbranched alkanes of at least 4 members (excludes halogenated alkanes) is 1. The van der Waals surface area contributed by atoms with Crippen molar-refractivity contribution in [1.82, 2.24) is 0 Å². The molecule has 0 aromatic heterocycles. The molecule has 0 bridgehead atoms. The Kier molecular flexibility index (Phi) is 6.17. The van der Waals surface area contributed by atoms with Crippen LogP contribution in [0.1, 0.15) is 26.7 Å². The minimum absolute atomic E-state index is 0.0316. The van der Waals surface area contributed by atoms with E-state index in [0.717, 1.165) is 35.4 Å². The molecule has 0 aliphatic carbocycles. The van der Waals surface area contributed by atoms with E-state index >= 15 is 0 Å². The second-order valence-corrected chi connectivity index (χ2v) is 5.16. The zero-order valence-corrected chi connectivity index (χ0v) is 9.89. The SMILES string of the molecule is CCCCOC(=O)[CH](C)[SnH]. The molecule has 0 rings (SSSR count). The van der Waals surface area contributed by atoms with Crippen molar-refractivity contribution < 1.29 is 9.53 Å². The summed E-state index contributed by atoms with van der Waals surface area (Å²) in [6.07, 6.45) is 2.07. The average Bonchev–Trinajstić information content (AvgIpc) is 1.88. The fourth-order valence-electron chi connectivity index (χ4n) is 0.449. The van der Waals surface area contributed by atoms with Gasteiger partial charge in [0.05, 0.1) is 0 Å². The third-order valence-electron chi connectivity index (χ3n) is 1.11. The molecule has 1 unspecified atom stereocenters. The average molecular weight is 249 g/mol. The second kappa shape index (κ2) is 6.01. The molecule has 0 amide bonds. The van der Waals surface area contributed by atoms with Crippen LogP contribution >= 0.6 is 0 Å². The van der Waals surface area contributed by atoms with Gasteiger partial charge in [-0.05, 0) is 0 Å². The summed E-state index contributed by atoms with van der Waals surface area (Å²) in [6.45, 7) is 4.58. The van der Waals surface area contributed by atoms with Gasteiger partial charge >= 0.3 is 75.3 Å². The predicted molar refractivity (Wildman–Crippen MR) is 42.4 cm³/mol. The molecule has 0 heterocycles. The van der Waals surface area contributed by atoms with E-state index < -0.39 is 0 Å². The van der Waals surface area contributed by atoms with Gasteiger partial charge in [0.2, 0.25) is 0 Å². The van der Waals surface area contributed by atoms with Crippen molar-refractivity contribution in [3.8, 4) is 0 Å². The quantitative estimate of drug-likeness (QED) is 0.422. The van der Waals surface area contributed by atoms with E-state index in [9.17, 15) is 4.79 Å². The first-order valence-corrected chi connectivity index (χ1v) is 5.51. The Hall–Kier alpha value is 0.269. The van der Waals surface area contributed by atoms with Crippen LogP contribution < -0.4 is 0 Å². The van der Waals surface area contributed by atoms with Crippen molar-refractivity contribution in [2.45, 2.75) is 30.6 Å². The minimum atomic E-state index is -0.0316. The molecule has 2 radical (unpaired) electrons. The molecule has 0 saturated heterocycles. The summed E-state index contributed by atoms with van der Waals surface area (Å²) >= 11 is 0.957. The van der Waals surface area contributed by atoms with Gasteiger partial charge in [-0.15, -0.1) is 0 Å². The summed E-state index contributed by atoms with van der Waals surface area (Å²) < 4.78 is 5.08. The van der Waals surface area contributed by atoms with E-state index in [0.29, 0.717) is 6.61 Å². The van der Waals surface area contributed by atoms with Gasteiger partial charge in [-0.2, -0.15) is 0 Å². The molecule has 2 nitrogen and oxygen atoms in total. The topological polar surface area (TPSA) is 26.3 Å². The van der Waals surface area contributed by atoms with Gasteiger partial charge in [0.25, 0.3) is 0 Å². The number of hydrogen-bond donors (Lipinski definition) is 0. The van der Waals surface area contributed by atoms with E-state index in [1.54, 1.807) is 0 Å². The molecule has 1 atom stereocenters. The van der Waals surface area contributed by atoms with Crippen molar-refractivity contribution in [1.29, 1.82) is 0 Å². The molecule has 3 heteroatoms. The molecule has 0 aliphatic rings. The molecule has 0 N–H and O–H groups in total. The zero-order valence-electron chi connectivity index (χ0n) is 6.59. The Labute approximate surface area is 75.4 Å². The van der Waals surface area contributed by atoms with Crippen LogP contribution in [-0.2, 0) is 9.53 Å². The van der Waals surface area contributed by atoms with Gasteiger partial charge in [0.15, 0.2) is 0 Å². The first kappa shape index (κ1) is 10.3. The molecular formula is C7H14O2Sn. The Morgan fingerprint density at radius 2 is 2.30 bits per heavy atom. The van der Waals surface area contributed by atoms with Gasteiger partial charge in [-0.1, -0.05) is 0 Å². The Balaban J connectivity index is 3.22. The fraction of sp³-hybridized carbons (Fsp3) is 0.857. The van der Waals surface area contributed by atoms with E-state index in [-0.39, 0.29) is 9.90 Å². The monoisotopic (exact) mass is 250 g/mol. The van der Waals surface area contributed by atoms with Crippen molar-refractivity contribution in [3.05, 3.63) is 0 Å². The third-order valence-corrected chi connectivity index (χ3v) is 1.89. The molecule has 0 aromatic rings. The van der Waals surface area contributed by atoms with Gasteiger partial charge in [-0.25, -0.2) is 0 Å². The molecule has 0 saturated carbocycles. The summed E-state index contributed by atoms with van der Waals surface area (Å²) in [4.78, 5) is 10.8. The van der Waals surface area contributed by atoms with E-state index in [4.69, 9.17) is 4.74 Å². The Morgan fingerprint density at radius 1 is 1.70 bits per heavy atom. The number of hydrogen-bond acceptors (Lipinski definition) is 2. The maximum atomic E-state index is 10.8. The fourth-order valence-corrected chi connectivity index (χ4v) is 0.723. The molecule has 0 fully saturated rings. The van der Waals surface area contributed by atoms with Crippen LogP contribution in [0.4, 0.5) is 0 Å². The van der Waals surface area contributed by atoms with Crippen LogP contribution in [0.5, 0.6) is 0 Å². The maximum absolute atomic E-state index is 10.8. The summed E-state index contributed by atoms with van der Waals surface area (Å²) in [7, 11) is 0. The molecule has 58 valence electrons.